The molecule has 0 heterocycles. The summed E-state index contributed by atoms with van der Waals surface area (Å²) >= 11 is 3.40. The fourth-order valence-electron chi connectivity index (χ4n) is 2.11. The molecule has 0 saturated heterocycles. The number of methoxy groups -OCH3 is 1. The fraction of sp³-hybridized carbons (Fsp3) is 0.417. The Morgan fingerprint density at radius 3 is 2.82 bits per heavy atom. The average molecular weight is 301 g/mol. The van der Waals surface area contributed by atoms with Crippen LogP contribution < -0.4 is 4.74 Å². The van der Waals surface area contributed by atoms with Gasteiger partial charge in [-0.2, -0.15) is 0 Å². The molecule has 1 aliphatic rings. The Bertz CT molecular complexity index is 460. The molecule has 1 aromatic rings. The third-order valence-electron chi connectivity index (χ3n) is 3.36. The number of hydrogen-bond donors (Lipinski definition) is 2. The molecule has 4 nitrogen and oxygen atoms in total. The number of benzene rings is 1. The second-order valence-electron chi connectivity index (χ2n) is 4.26. The van der Waals surface area contributed by atoms with E-state index in [9.17, 15) is 9.90 Å². The van der Waals surface area contributed by atoms with Crippen molar-refractivity contribution in [2.45, 2.75) is 12.3 Å². The van der Waals surface area contributed by atoms with Crippen LogP contribution in [0.15, 0.2) is 22.7 Å². The van der Waals surface area contributed by atoms with E-state index in [4.69, 9.17) is 9.84 Å². The topological polar surface area (TPSA) is 66.8 Å². The van der Waals surface area contributed by atoms with Crippen LogP contribution in [0.5, 0.6) is 5.75 Å². The SMILES string of the molecule is COc1ccc(Br)c(C2C[C@@]2(CO)C(=O)O)c1. The lowest BCUT2D eigenvalue weighted by atomic mass is 10.00. The number of rotatable bonds is 4. The van der Waals surface area contributed by atoms with Crippen molar-refractivity contribution in [3.63, 3.8) is 0 Å². The van der Waals surface area contributed by atoms with E-state index in [0.29, 0.717) is 12.2 Å². The van der Waals surface area contributed by atoms with Crippen LogP contribution in [0.1, 0.15) is 17.9 Å². The summed E-state index contributed by atoms with van der Waals surface area (Å²) in [5.74, 6) is -0.415. The molecule has 17 heavy (non-hydrogen) atoms. The maximum absolute atomic E-state index is 11.2. The van der Waals surface area contributed by atoms with Crippen molar-refractivity contribution in [3.8, 4) is 5.75 Å². The number of carboxylic acid groups (broad SMARTS) is 1. The molecule has 0 aliphatic heterocycles. The first-order valence-electron chi connectivity index (χ1n) is 5.23. The van der Waals surface area contributed by atoms with Crippen LogP contribution in [-0.4, -0.2) is 29.9 Å². The van der Waals surface area contributed by atoms with Crippen molar-refractivity contribution < 1.29 is 19.7 Å². The first-order valence-corrected chi connectivity index (χ1v) is 6.02. The Labute approximate surface area is 107 Å². The van der Waals surface area contributed by atoms with E-state index in [0.717, 1.165) is 10.0 Å². The first-order chi connectivity index (χ1) is 8.05. The summed E-state index contributed by atoms with van der Waals surface area (Å²) in [7, 11) is 1.57. The molecule has 1 fully saturated rings. The summed E-state index contributed by atoms with van der Waals surface area (Å²) in [6, 6.07) is 5.45. The third-order valence-corrected chi connectivity index (χ3v) is 4.08. The maximum atomic E-state index is 11.2. The molecule has 0 amide bonds. The summed E-state index contributed by atoms with van der Waals surface area (Å²) < 4.78 is 5.97. The largest absolute Gasteiger partial charge is 0.497 e. The van der Waals surface area contributed by atoms with Gasteiger partial charge in [-0.3, -0.25) is 4.79 Å². The number of carboxylic acids is 1. The molecule has 2 rings (SSSR count). The lowest BCUT2D eigenvalue weighted by Gasteiger charge is -2.11. The summed E-state index contributed by atoms with van der Waals surface area (Å²) in [4.78, 5) is 11.2. The number of aliphatic hydroxyl groups is 1. The quantitative estimate of drug-likeness (QED) is 0.893. The highest BCUT2D eigenvalue weighted by atomic mass is 79.9. The minimum atomic E-state index is -1.02. The molecule has 5 heteroatoms. The van der Waals surface area contributed by atoms with E-state index in [1.807, 2.05) is 12.1 Å². The highest BCUT2D eigenvalue weighted by Gasteiger charge is 2.61. The van der Waals surface area contributed by atoms with Crippen LogP contribution >= 0.6 is 15.9 Å². The third kappa shape index (κ3) is 1.93. The highest BCUT2D eigenvalue weighted by Crippen LogP contribution is 2.60. The van der Waals surface area contributed by atoms with E-state index >= 15 is 0 Å². The van der Waals surface area contributed by atoms with E-state index in [2.05, 4.69) is 15.9 Å². The standard InChI is InChI=1S/C12H13BrO4/c1-17-7-2-3-10(13)8(4-7)9-5-12(9,6-14)11(15)16/h2-4,9,14H,5-6H2,1H3,(H,15,16)/t9?,12-/m0/s1. The minimum Gasteiger partial charge on any atom is -0.497 e. The molecule has 2 N–H and O–H groups in total. The zero-order valence-corrected chi connectivity index (χ0v) is 10.9. The maximum Gasteiger partial charge on any atom is 0.312 e. The highest BCUT2D eigenvalue weighted by molar-refractivity contribution is 9.10. The van der Waals surface area contributed by atoms with Crippen LogP contribution in [0.2, 0.25) is 0 Å². The molecular formula is C12H13BrO4. The molecule has 0 aromatic heterocycles. The van der Waals surface area contributed by atoms with Gasteiger partial charge in [-0.25, -0.2) is 0 Å². The Hall–Kier alpha value is -1.07. The van der Waals surface area contributed by atoms with Gasteiger partial charge < -0.3 is 14.9 Å². The van der Waals surface area contributed by atoms with Gasteiger partial charge in [0.15, 0.2) is 0 Å². The lowest BCUT2D eigenvalue weighted by Crippen LogP contribution is -2.21. The predicted octanol–water partition coefficient (Wildman–Crippen LogP) is 2.01. The van der Waals surface area contributed by atoms with Gasteiger partial charge in [-0.05, 0) is 30.2 Å². The van der Waals surface area contributed by atoms with Crippen LogP contribution in [0.3, 0.4) is 0 Å². The first kappa shape index (κ1) is 12.4. The molecule has 1 saturated carbocycles. The fourth-order valence-corrected chi connectivity index (χ4v) is 2.63. The molecule has 1 unspecified atom stereocenters. The predicted molar refractivity (Wildman–Crippen MR) is 65.2 cm³/mol. The number of hydrogen-bond acceptors (Lipinski definition) is 3. The molecule has 0 radical (unpaired) electrons. The van der Waals surface area contributed by atoms with Gasteiger partial charge in [0.1, 0.15) is 5.75 Å². The van der Waals surface area contributed by atoms with E-state index in [1.165, 1.54) is 0 Å². The zero-order chi connectivity index (χ0) is 12.6. The van der Waals surface area contributed by atoms with Crippen LogP contribution in [0, 0.1) is 5.41 Å². The number of aliphatic hydroxyl groups excluding tert-OH is 1. The Kier molecular flexibility index (Phi) is 3.14. The van der Waals surface area contributed by atoms with Crippen molar-refractivity contribution in [1.29, 1.82) is 0 Å². The molecule has 0 spiro atoms. The lowest BCUT2D eigenvalue weighted by molar-refractivity contribution is -0.145. The van der Waals surface area contributed by atoms with Crippen molar-refractivity contribution in [3.05, 3.63) is 28.2 Å². The smallest absolute Gasteiger partial charge is 0.312 e. The van der Waals surface area contributed by atoms with Crippen LogP contribution in [0.25, 0.3) is 0 Å². The molecular weight excluding hydrogens is 288 g/mol. The summed E-state index contributed by atoms with van der Waals surface area (Å²) in [5, 5.41) is 18.4. The number of halogens is 1. The van der Waals surface area contributed by atoms with Gasteiger partial charge in [0, 0.05) is 10.4 Å². The van der Waals surface area contributed by atoms with Crippen molar-refractivity contribution in [1.82, 2.24) is 0 Å². The zero-order valence-electron chi connectivity index (χ0n) is 9.31. The number of aliphatic carboxylic acids is 1. The Morgan fingerprint density at radius 1 is 1.65 bits per heavy atom. The Balaban J connectivity index is 2.34. The normalized spacial score (nSPS) is 26.6. The van der Waals surface area contributed by atoms with E-state index in [1.54, 1.807) is 13.2 Å². The van der Waals surface area contributed by atoms with Crippen molar-refractivity contribution in [2.24, 2.45) is 5.41 Å². The minimum absolute atomic E-state index is 0.158. The van der Waals surface area contributed by atoms with Crippen LogP contribution in [-0.2, 0) is 4.79 Å². The van der Waals surface area contributed by atoms with Gasteiger partial charge in [0.25, 0.3) is 0 Å². The van der Waals surface area contributed by atoms with Crippen molar-refractivity contribution in [2.75, 3.05) is 13.7 Å². The van der Waals surface area contributed by atoms with Gasteiger partial charge >= 0.3 is 5.97 Å². The second kappa shape index (κ2) is 4.31. The monoisotopic (exact) mass is 300 g/mol. The summed E-state index contributed by atoms with van der Waals surface area (Å²) in [5.41, 5.74) is -0.143. The van der Waals surface area contributed by atoms with E-state index < -0.39 is 11.4 Å². The van der Waals surface area contributed by atoms with E-state index in [-0.39, 0.29) is 12.5 Å². The van der Waals surface area contributed by atoms with Gasteiger partial charge in [-0.1, -0.05) is 15.9 Å². The average Bonchev–Trinajstić information content (AvgIpc) is 3.05. The van der Waals surface area contributed by atoms with Crippen LogP contribution in [0.4, 0.5) is 0 Å². The van der Waals surface area contributed by atoms with Gasteiger partial charge in [0.05, 0.1) is 19.1 Å². The second-order valence-corrected chi connectivity index (χ2v) is 5.12. The Morgan fingerprint density at radius 2 is 2.35 bits per heavy atom. The number of ether oxygens (including phenoxy) is 1. The molecule has 1 aromatic carbocycles. The molecule has 0 bridgehead atoms. The number of carbonyl (C=O) groups is 1. The molecule has 92 valence electrons. The van der Waals surface area contributed by atoms with Gasteiger partial charge in [0.2, 0.25) is 0 Å². The summed E-state index contributed by atoms with van der Waals surface area (Å²) in [6.07, 6.45) is 0.463. The molecule has 1 aliphatic carbocycles. The molecule has 2 atom stereocenters. The van der Waals surface area contributed by atoms with Gasteiger partial charge in [-0.15, -0.1) is 0 Å². The van der Waals surface area contributed by atoms with Crippen molar-refractivity contribution >= 4 is 21.9 Å². The summed E-state index contributed by atoms with van der Waals surface area (Å²) in [6.45, 7) is -0.337.